The van der Waals surface area contributed by atoms with E-state index in [1.54, 1.807) is 12.1 Å². The van der Waals surface area contributed by atoms with Gasteiger partial charge in [0.05, 0.1) is 11.9 Å². The normalized spacial score (nSPS) is 12.9. The molecule has 0 bridgehead atoms. The summed E-state index contributed by atoms with van der Waals surface area (Å²) < 4.78 is 27.5. The van der Waals surface area contributed by atoms with Gasteiger partial charge in [0.15, 0.2) is 0 Å². The van der Waals surface area contributed by atoms with Crippen molar-refractivity contribution in [1.29, 1.82) is 0 Å². The number of nitrogens with one attached hydrogen (secondary N) is 1. The monoisotopic (exact) mass is 585 g/mol. The van der Waals surface area contributed by atoms with Crippen molar-refractivity contribution in [3.63, 3.8) is 0 Å². The van der Waals surface area contributed by atoms with Gasteiger partial charge in [-0.05, 0) is 48.4 Å². The Morgan fingerprint density at radius 1 is 0.857 bits per heavy atom. The molecule has 2 amide bonds. The van der Waals surface area contributed by atoms with E-state index in [1.165, 1.54) is 4.90 Å². The maximum Gasteiger partial charge on any atom is 0.244 e. The molecular formula is C34H39N3O4S. The summed E-state index contributed by atoms with van der Waals surface area (Å²) in [5, 5.41) is 4.65. The molecule has 0 radical (unpaired) electrons. The van der Waals surface area contributed by atoms with Gasteiger partial charge in [-0.25, -0.2) is 8.42 Å². The van der Waals surface area contributed by atoms with Gasteiger partial charge in [-0.2, -0.15) is 0 Å². The molecule has 4 rings (SSSR count). The molecule has 0 aliphatic rings. The van der Waals surface area contributed by atoms with Crippen LogP contribution >= 0.6 is 0 Å². The zero-order chi connectivity index (χ0) is 30.3. The fourth-order valence-corrected chi connectivity index (χ4v) is 5.85. The Balaban J connectivity index is 1.79. The first-order valence-corrected chi connectivity index (χ1v) is 16.1. The van der Waals surface area contributed by atoms with E-state index in [2.05, 4.69) is 5.32 Å². The number of nitrogens with zero attached hydrogens (tertiary/aromatic N) is 2. The van der Waals surface area contributed by atoms with Gasteiger partial charge in [0, 0.05) is 24.4 Å². The van der Waals surface area contributed by atoms with Gasteiger partial charge >= 0.3 is 0 Å². The summed E-state index contributed by atoms with van der Waals surface area (Å²) in [7, 11) is -3.86. The van der Waals surface area contributed by atoms with Crippen LogP contribution in [0, 0.1) is 6.92 Å². The van der Waals surface area contributed by atoms with Crippen molar-refractivity contribution in [2.75, 3.05) is 17.1 Å². The number of carbonyl (C=O) groups is 2. The number of aryl methyl sites for hydroxylation is 1. The number of sulfonamides is 1. The highest BCUT2D eigenvalue weighted by Gasteiger charge is 2.34. The molecule has 0 spiro atoms. The predicted molar refractivity (Wildman–Crippen MR) is 170 cm³/mol. The van der Waals surface area contributed by atoms with Crippen LogP contribution in [0.15, 0.2) is 97.1 Å². The molecule has 0 aromatic heterocycles. The topological polar surface area (TPSA) is 86.8 Å². The molecule has 2 unspecified atom stereocenters. The highest BCUT2D eigenvalue weighted by atomic mass is 32.2. The van der Waals surface area contributed by atoms with Gasteiger partial charge in [0.1, 0.15) is 12.6 Å². The van der Waals surface area contributed by atoms with Crippen LogP contribution in [0.25, 0.3) is 10.8 Å². The molecule has 0 aliphatic carbocycles. The molecule has 2 atom stereocenters. The molecule has 7 nitrogen and oxygen atoms in total. The summed E-state index contributed by atoms with van der Waals surface area (Å²) in [6.45, 7) is 5.59. The number of anilines is 1. The largest absolute Gasteiger partial charge is 0.352 e. The van der Waals surface area contributed by atoms with Gasteiger partial charge in [0.2, 0.25) is 21.8 Å². The van der Waals surface area contributed by atoms with Crippen molar-refractivity contribution in [3.8, 4) is 0 Å². The van der Waals surface area contributed by atoms with Crippen LogP contribution in [0.5, 0.6) is 0 Å². The van der Waals surface area contributed by atoms with Gasteiger partial charge in [-0.3, -0.25) is 13.9 Å². The van der Waals surface area contributed by atoms with Crippen molar-refractivity contribution < 1.29 is 18.0 Å². The fourth-order valence-electron chi connectivity index (χ4n) is 4.99. The number of amides is 2. The molecular weight excluding hydrogens is 546 g/mol. The average molecular weight is 586 g/mol. The third-order valence-corrected chi connectivity index (χ3v) is 8.72. The molecule has 4 aromatic carbocycles. The lowest BCUT2D eigenvalue weighted by Gasteiger charge is -2.34. The quantitative estimate of drug-likeness (QED) is 0.239. The van der Waals surface area contributed by atoms with Crippen LogP contribution in [-0.2, 0) is 32.6 Å². The lowest BCUT2D eigenvalue weighted by atomic mass is 10.0. The lowest BCUT2D eigenvalue weighted by molar-refractivity contribution is -0.140. The Labute approximate surface area is 249 Å². The van der Waals surface area contributed by atoms with E-state index in [0.29, 0.717) is 5.69 Å². The maximum atomic E-state index is 14.4. The minimum absolute atomic E-state index is 0.0885. The Bertz CT molecular complexity index is 1630. The van der Waals surface area contributed by atoms with E-state index in [0.717, 1.165) is 44.4 Å². The van der Waals surface area contributed by atoms with Crippen LogP contribution in [0.2, 0.25) is 0 Å². The number of hydrogen-bond acceptors (Lipinski definition) is 4. The second kappa shape index (κ2) is 13.7. The second-order valence-electron chi connectivity index (χ2n) is 10.7. The molecule has 42 heavy (non-hydrogen) atoms. The Morgan fingerprint density at radius 2 is 1.50 bits per heavy atom. The van der Waals surface area contributed by atoms with Crippen LogP contribution in [0.1, 0.15) is 37.0 Å². The lowest BCUT2D eigenvalue weighted by Crippen LogP contribution is -2.54. The Kier molecular flexibility index (Phi) is 10.0. The standard InChI is InChI=1S/C34H39N3O4S/c1-5-26(3)35-34(39)32(22-27-15-7-6-8-16-27)36(23-29-18-10-9-14-25(29)2)33(38)24-37(42(4,40)41)31-21-13-19-28-17-11-12-20-30(28)31/h6-21,26,32H,5,22-24H2,1-4H3,(H,35,39). The minimum Gasteiger partial charge on any atom is -0.352 e. The van der Waals surface area contributed by atoms with E-state index < -0.39 is 28.5 Å². The highest BCUT2D eigenvalue weighted by molar-refractivity contribution is 7.92. The molecule has 0 saturated carbocycles. The molecule has 8 heteroatoms. The molecule has 0 aliphatic heterocycles. The van der Waals surface area contributed by atoms with Gasteiger partial charge in [-0.1, -0.05) is 97.9 Å². The zero-order valence-corrected chi connectivity index (χ0v) is 25.5. The molecule has 220 valence electrons. The Hall–Kier alpha value is -4.17. The van der Waals surface area contributed by atoms with E-state index in [4.69, 9.17) is 0 Å². The van der Waals surface area contributed by atoms with Gasteiger partial charge in [0.25, 0.3) is 0 Å². The highest BCUT2D eigenvalue weighted by Crippen LogP contribution is 2.29. The van der Waals surface area contributed by atoms with E-state index in [9.17, 15) is 18.0 Å². The first kappa shape index (κ1) is 30.8. The van der Waals surface area contributed by atoms with E-state index in [-0.39, 0.29) is 24.9 Å². The van der Waals surface area contributed by atoms with E-state index in [1.807, 2.05) is 106 Å². The predicted octanol–water partition coefficient (Wildman–Crippen LogP) is 5.47. The smallest absolute Gasteiger partial charge is 0.244 e. The van der Waals surface area contributed by atoms with Crippen LogP contribution in [-0.4, -0.2) is 50.0 Å². The third-order valence-electron chi connectivity index (χ3n) is 7.59. The van der Waals surface area contributed by atoms with Crippen molar-refractivity contribution in [1.82, 2.24) is 10.2 Å². The number of carbonyl (C=O) groups excluding carboxylic acids is 2. The summed E-state index contributed by atoms with van der Waals surface area (Å²) in [4.78, 5) is 29.7. The third kappa shape index (κ3) is 7.56. The first-order valence-electron chi connectivity index (χ1n) is 14.2. The van der Waals surface area contributed by atoms with Crippen LogP contribution < -0.4 is 9.62 Å². The maximum absolute atomic E-state index is 14.4. The average Bonchev–Trinajstić information content (AvgIpc) is 2.98. The SMILES string of the molecule is CCC(C)NC(=O)C(Cc1ccccc1)N(Cc1ccccc1C)C(=O)CN(c1cccc2ccccc12)S(C)(=O)=O. The number of fused-ring (bicyclic) bond motifs is 1. The number of benzene rings is 4. The summed E-state index contributed by atoms with van der Waals surface area (Å²) in [6, 6.07) is 29.2. The van der Waals surface area contributed by atoms with Crippen LogP contribution in [0.4, 0.5) is 5.69 Å². The summed E-state index contributed by atoms with van der Waals surface area (Å²) in [5.74, 6) is -0.733. The first-order chi connectivity index (χ1) is 20.1. The van der Waals surface area contributed by atoms with Gasteiger partial charge in [-0.15, -0.1) is 0 Å². The second-order valence-corrected chi connectivity index (χ2v) is 12.6. The zero-order valence-electron chi connectivity index (χ0n) is 24.7. The van der Waals surface area contributed by atoms with Crippen molar-refractivity contribution in [2.24, 2.45) is 0 Å². The Morgan fingerprint density at radius 3 is 2.19 bits per heavy atom. The van der Waals surface area contributed by atoms with Gasteiger partial charge < -0.3 is 10.2 Å². The molecule has 1 N–H and O–H groups in total. The van der Waals surface area contributed by atoms with Crippen molar-refractivity contribution in [2.45, 2.75) is 52.2 Å². The molecule has 0 heterocycles. The molecule has 4 aromatic rings. The summed E-state index contributed by atoms with van der Waals surface area (Å²) in [6.07, 6.45) is 2.12. The summed E-state index contributed by atoms with van der Waals surface area (Å²) >= 11 is 0. The van der Waals surface area contributed by atoms with Crippen molar-refractivity contribution in [3.05, 3.63) is 114 Å². The van der Waals surface area contributed by atoms with E-state index >= 15 is 0 Å². The van der Waals surface area contributed by atoms with Crippen molar-refractivity contribution >= 4 is 38.3 Å². The van der Waals surface area contributed by atoms with Crippen LogP contribution in [0.3, 0.4) is 0 Å². The number of rotatable bonds is 12. The molecule has 0 fully saturated rings. The minimum atomic E-state index is -3.86. The number of hydrogen-bond donors (Lipinski definition) is 1. The summed E-state index contributed by atoms with van der Waals surface area (Å²) in [5.41, 5.74) is 3.18. The molecule has 0 saturated heterocycles. The fraction of sp³-hybridized carbons (Fsp3) is 0.294.